The van der Waals surface area contributed by atoms with E-state index in [0.29, 0.717) is 35.0 Å². The average Bonchev–Trinajstić information content (AvgIpc) is 2.73. The Morgan fingerprint density at radius 1 is 1.09 bits per heavy atom. The van der Waals surface area contributed by atoms with Crippen LogP contribution in [-0.4, -0.2) is 31.7 Å². The average molecular weight is 497 g/mol. The highest BCUT2D eigenvalue weighted by Crippen LogP contribution is 2.27. The van der Waals surface area contributed by atoms with Crippen molar-refractivity contribution in [3.05, 3.63) is 68.2 Å². The second-order valence-corrected chi connectivity index (χ2v) is 11.5. The van der Waals surface area contributed by atoms with E-state index in [0.717, 1.165) is 11.1 Å². The first-order valence-corrected chi connectivity index (χ1v) is 13.1. The maximum atomic E-state index is 13.0. The van der Waals surface area contributed by atoms with Crippen LogP contribution < -0.4 is 5.32 Å². The van der Waals surface area contributed by atoms with Crippen molar-refractivity contribution >= 4 is 39.1 Å². The number of hydrogen-bond donors (Lipinski definition) is 1. The van der Waals surface area contributed by atoms with Gasteiger partial charge in [0.1, 0.15) is 0 Å². The fourth-order valence-electron chi connectivity index (χ4n) is 4.20. The summed E-state index contributed by atoms with van der Waals surface area (Å²) in [7, 11) is -3.58. The number of amides is 1. The molecule has 1 aliphatic heterocycles. The van der Waals surface area contributed by atoms with Gasteiger partial charge in [-0.25, -0.2) is 12.7 Å². The molecule has 5 nitrogen and oxygen atoms in total. The lowest BCUT2D eigenvalue weighted by molar-refractivity contribution is -0.126. The minimum Gasteiger partial charge on any atom is -0.349 e. The molecule has 1 aliphatic rings. The Kier molecular flexibility index (Phi) is 7.92. The molecule has 2 aromatic carbocycles. The Labute approximate surface area is 201 Å². The van der Waals surface area contributed by atoms with E-state index in [1.54, 1.807) is 18.2 Å². The number of carbonyl (C=O) groups excluding carboxylic acids is 1. The molecule has 1 fully saturated rings. The molecule has 1 heterocycles. The molecule has 0 aromatic heterocycles. The van der Waals surface area contributed by atoms with E-state index in [1.165, 1.54) is 15.4 Å². The van der Waals surface area contributed by atoms with Crippen molar-refractivity contribution in [2.45, 2.75) is 52.3 Å². The van der Waals surface area contributed by atoms with Crippen LogP contribution in [0.4, 0.5) is 0 Å². The van der Waals surface area contributed by atoms with Crippen molar-refractivity contribution in [2.75, 3.05) is 13.1 Å². The fraction of sp³-hybridized carbons (Fsp3) is 0.458. The van der Waals surface area contributed by atoms with Crippen molar-refractivity contribution < 1.29 is 13.2 Å². The molecule has 1 N–H and O–H groups in total. The minimum atomic E-state index is -3.58. The first-order chi connectivity index (χ1) is 15.0. The third kappa shape index (κ3) is 5.84. The van der Waals surface area contributed by atoms with Crippen LogP contribution in [0.1, 0.15) is 53.6 Å². The van der Waals surface area contributed by atoms with Gasteiger partial charge in [0.05, 0.1) is 27.8 Å². The van der Waals surface area contributed by atoms with Gasteiger partial charge in [-0.05, 0) is 80.5 Å². The summed E-state index contributed by atoms with van der Waals surface area (Å²) in [4.78, 5) is 13.0. The highest BCUT2D eigenvalue weighted by atomic mass is 35.5. The summed E-state index contributed by atoms with van der Waals surface area (Å²) in [6.07, 6.45) is 1.32. The first kappa shape index (κ1) is 25.0. The largest absolute Gasteiger partial charge is 0.349 e. The highest BCUT2D eigenvalue weighted by molar-refractivity contribution is 7.88. The van der Waals surface area contributed by atoms with E-state index in [9.17, 15) is 13.2 Å². The molecule has 0 aliphatic carbocycles. The standard InChI is InChI=1S/C24H30Cl2N2O3S/c1-15-10-17(3)21(11-16(15)2)18(4)27-24(29)20-6-5-9-28(13-20)32(30,31)14-19-7-8-22(25)23(26)12-19/h7-8,10-12,18,20H,5-6,9,13-14H2,1-4H3,(H,27,29)/t18-,20+/m0/s1. The Morgan fingerprint density at radius 2 is 1.78 bits per heavy atom. The zero-order chi connectivity index (χ0) is 23.6. The van der Waals surface area contributed by atoms with E-state index >= 15 is 0 Å². The zero-order valence-electron chi connectivity index (χ0n) is 18.9. The van der Waals surface area contributed by atoms with Crippen molar-refractivity contribution in [3.8, 4) is 0 Å². The predicted octanol–water partition coefficient (Wildman–Crippen LogP) is 5.34. The van der Waals surface area contributed by atoms with Crippen LogP contribution in [0.5, 0.6) is 0 Å². The van der Waals surface area contributed by atoms with Crippen molar-refractivity contribution in [2.24, 2.45) is 5.92 Å². The smallest absolute Gasteiger partial charge is 0.224 e. The number of aryl methyl sites for hydroxylation is 3. The van der Waals surface area contributed by atoms with Gasteiger partial charge in [0.2, 0.25) is 15.9 Å². The van der Waals surface area contributed by atoms with Gasteiger partial charge in [0.25, 0.3) is 0 Å². The number of hydrogen-bond acceptors (Lipinski definition) is 3. The topological polar surface area (TPSA) is 66.5 Å². The van der Waals surface area contributed by atoms with E-state index < -0.39 is 10.0 Å². The molecule has 0 bridgehead atoms. The van der Waals surface area contributed by atoms with E-state index in [4.69, 9.17) is 23.2 Å². The number of nitrogens with one attached hydrogen (secondary N) is 1. The van der Waals surface area contributed by atoms with Gasteiger partial charge in [0, 0.05) is 13.1 Å². The molecule has 8 heteroatoms. The van der Waals surface area contributed by atoms with Crippen molar-refractivity contribution in [1.82, 2.24) is 9.62 Å². The van der Waals surface area contributed by atoms with E-state index in [2.05, 4.69) is 31.3 Å². The van der Waals surface area contributed by atoms with Gasteiger partial charge in [-0.3, -0.25) is 4.79 Å². The van der Waals surface area contributed by atoms with Crippen LogP contribution >= 0.6 is 23.2 Å². The molecule has 32 heavy (non-hydrogen) atoms. The highest BCUT2D eigenvalue weighted by Gasteiger charge is 2.33. The van der Waals surface area contributed by atoms with E-state index in [-0.39, 0.29) is 30.2 Å². The Morgan fingerprint density at radius 3 is 2.47 bits per heavy atom. The zero-order valence-corrected chi connectivity index (χ0v) is 21.2. The van der Waals surface area contributed by atoms with Gasteiger partial charge in [-0.15, -0.1) is 0 Å². The van der Waals surface area contributed by atoms with Gasteiger partial charge < -0.3 is 5.32 Å². The third-order valence-electron chi connectivity index (χ3n) is 6.19. The SMILES string of the molecule is Cc1cc(C)c([C@H](C)NC(=O)[C@@H]2CCCN(S(=O)(=O)Cc3ccc(Cl)c(Cl)c3)C2)cc1C. The Hall–Kier alpha value is -1.60. The predicted molar refractivity (Wildman–Crippen MR) is 131 cm³/mol. The third-order valence-corrected chi connectivity index (χ3v) is 8.74. The molecule has 1 amide bonds. The van der Waals surface area contributed by atoms with Gasteiger partial charge in [-0.2, -0.15) is 0 Å². The lowest BCUT2D eigenvalue weighted by Crippen LogP contribution is -2.46. The summed E-state index contributed by atoms with van der Waals surface area (Å²) < 4.78 is 27.4. The number of carbonyl (C=O) groups is 1. The molecule has 2 aromatic rings. The van der Waals surface area contributed by atoms with Gasteiger partial charge >= 0.3 is 0 Å². The van der Waals surface area contributed by atoms with Crippen LogP contribution in [0.2, 0.25) is 10.0 Å². The van der Waals surface area contributed by atoms with Crippen molar-refractivity contribution in [1.29, 1.82) is 0 Å². The van der Waals surface area contributed by atoms with Crippen LogP contribution in [0, 0.1) is 26.7 Å². The maximum absolute atomic E-state index is 13.0. The number of halogens is 2. The molecule has 0 saturated carbocycles. The van der Waals surface area contributed by atoms with Gasteiger partial charge in [0.15, 0.2) is 0 Å². The molecular weight excluding hydrogens is 467 g/mol. The lowest BCUT2D eigenvalue weighted by atomic mass is 9.95. The van der Waals surface area contributed by atoms with Crippen LogP contribution in [0.25, 0.3) is 0 Å². The molecule has 174 valence electrons. The number of nitrogens with zero attached hydrogens (tertiary/aromatic N) is 1. The lowest BCUT2D eigenvalue weighted by Gasteiger charge is -2.32. The molecule has 0 spiro atoms. The van der Waals surface area contributed by atoms with Gasteiger partial charge in [-0.1, -0.05) is 41.4 Å². The summed E-state index contributed by atoms with van der Waals surface area (Å²) >= 11 is 12.0. The maximum Gasteiger partial charge on any atom is 0.224 e. The Bertz CT molecular complexity index is 1120. The molecule has 2 atom stereocenters. The summed E-state index contributed by atoms with van der Waals surface area (Å²) in [6, 6.07) is 8.93. The second kappa shape index (κ2) is 10.1. The van der Waals surface area contributed by atoms with Crippen molar-refractivity contribution in [3.63, 3.8) is 0 Å². The molecule has 3 rings (SSSR count). The quantitative estimate of drug-likeness (QED) is 0.586. The monoisotopic (exact) mass is 496 g/mol. The van der Waals surface area contributed by atoms with E-state index in [1.807, 2.05) is 13.8 Å². The molecule has 0 radical (unpaired) electrons. The summed E-state index contributed by atoms with van der Waals surface area (Å²) in [5.74, 6) is -0.651. The molecular formula is C24H30Cl2N2O3S. The second-order valence-electron chi connectivity index (χ2n) is 8.73. The summed E-state index contributed by atoms with van der Waals surface area (Å²) in [5, 5.41) is 3.81. The first-order valence-electron chi connectivity index (χ1n) is 10.8. The van der Waals surface area contributed by atoms with Crippen LogP contribution in [0.3, 0.4) is 0 Å². The number of piperidine rings is 1. The fourth-order valence-corrected chi connectivity index (χ4v) is 6.12. The Balaban J connectivity index is 1.67. The van der Waals surface area contributed by atoms with Crippen LogP contribution in [-0.2, 0) is 20.6 Å². The normalized spacial score (nSPS) is 18.4. The number of sulfonamides is 1. The summed E-state index contributed by atoms with van der Waals surface area (Å²) in [5.41, 5.74) is 5.20. The molecule has 0 unspecified atom stereocenters. The minimum absolute atomic E-state index is 0.107. The number of rotatable bonds is 6. The number of benzene rings is 2. The molecule has 1 saturated heterocycles. The van der Waals surface area contributed by atoms with Crippen LogP contribution in [0.15, 0.2) is 30.3 Å². The summed E-state index contributed by atoms with van der Waals surface area (Å²) in [6.45, 7) is 8.75.